The predicted molar refractivity (Wildman–Crippen MR) is 81.3 cm³/mol. The van der Waals surface area contributed by atoms with Crippen molar-refractivity contribution in [2.45, 2.75) is 26.3 Å². The molecule has 0 aliphatic carbocycles. The molecule has 0 radical (unpaired) electrons. The molecule has 0 spiro atoms. The van der Waals surface area contributed by atoms with Crippen molar-refractivity contribution in [2.24, 2.45) is 5.73 Å². The lowest BCUT2D eigenvalue weighted by Crippen LogP contribution is -2.26. The van der Waals surface area contributed by atoms with Crippen LogP contribution in [0.3, 0.4) is 0 Å². The first-order valence-electron chi connectivity index (χ1n) is 6.36. The van der Waals surface area contributed by atoms with Gasteiger partial charge in [-0.2, -0.15) is 0 Å². The van der Waals surface area contributed by atoms with Crippen molar-refractivity contribution in [2.75, 3.05) is 31.7 Å². The molecule has 2 N–H and O–H groups in total. The van der Waals surface area contributed by atoms with Gasteiger partial charge in [0.25, 0.3) is 0 Å². The molecule has 102 valence electrons. The van der Waals surface area contributed by atoms with Crippen LogP contribution in [-0.4, -0.2) is 32.8 Å². The van der Waals surface area contributed by atoms with E-state index in [1.54, 1.807) is 7.11 Å². The molecule has 18 heavy (non-hydrogen) atoms. The van der Waals surface area contributed by atoms with Crippen molar-refractivity contribution < 1.29 is 4.74 Å². The summed E-state index contributed by atoms with van der Waals surface area (Å²) in [6.07, 6.45) is 0.894. The second-order valence-corrected chi connectivity index (χ2v) is 5.38. The lowest BCUT2D eigenvalue weighted by Gasteiger charge is -2.23. The van der Waals surface area contributed by atoms with Crippen LogP contribution in [0, 0.1) is 0 Å². The minimum Gasteiger partial charge on any atom is -0.383 e. The lowest BCUT2D eigenvalue weighted by molar-refractivity contribution is 0.205. The average Bonchev–Trinajstić information content (AvgIpc) is 2.33. The van der Waals surface area contributed by atoms with Crippen LogP contribution in [0.2, 0.25) is 0 Å². The third-order valence-corrected chi connectivity index (χ3v) is 3.63. The highest BCUT2D eigenvalue weighted by molar-refractivity contribution is 9.10. The first kappa shape index (κ1) is 15.5. The van der Waals surface area contributed by atoms with Crippen LogP contribution in [0.25, 0.3) is 0 Å². The fourth-order valence-corrected chi connectivity index (χ4v) is 2.45. The Morgan fingerprint density at radius 1 is 1.44 bits per heavy atom. The zero-order chi connectivity index (χ0) is 13.5. The third kappa shape index (κ3) is 4.59. The summed E-state index contributed by atoms with van der Waals surface area (Å²) in [6.45, 7) is 6.80. The number of ether oxygens (including phenoxy) is 1. The van der Waals surface area contributed by atoms with E-state index in [4.69, 9.17) is 10.5 Å². The molecule has 0 saturated heterocycles. The van der Waals surface area contributed by atoms with Crippen LogP contribution in [0.15, 0.2) is 22.7 Å². The Kier molecular flexibility index (Phi) is 6.68. The summed E-state index contributed by atoms with van der Waals surface area (Å²) < 4.78 is 6.26. The second kappa shape index (κ2) is 7.77. The van der Waals surface area contributed by atoms with Gasteiger partial charge >= 0.3 is 0 Å². The fourth-order valence-electron chi connectivity index (χ4n) is 1.92. The van der Waals surface area contributed by atoms with Crippen molar-refractivity contribution >= 4 is 21.6 Å². The molecular formula is C14H23BrN2O. The number of nitrogens with two attached hydrogens (primary N) is 1. The van der Waals surface area contributed by atoms with Gasteiger partial charge in [0.15, 0.2) is 0 Å². The highest BCUT2D eigenvalue weighted by Gasteiger charge is 2.08. The van der Waals surface area contributed by atoms with Gasteiger partial charge in [0.05, 0.1) is 6.61 Å². The standard InChI is InChI=1S/C14H23BrN2O/c1-4-17(7-8-18-3)13-6-5-12(9-11(2)16)14(15)10-13/h5-6,10-11H,4,7-9,16H2,1-3H3. The van der Waals surface area contributed by atoms with Gasteiger partial charge in [0.1, 0.15) is 0 Å². The van der Waals surface area contributed by atoms with Crippen LogP contribution < -0.4 is 10.6 Å². The monoisotopic (exact) mass is 314 g/mol. The molecule has 0 heterocycles. The first-order valence-corrected chi connectivity index (χ1v) is 7.15. The SMILES string of the molecule is CCN(CCOC)c1ccc(CC(C)N)c(Br)c1. The number of hydrogen-bond donors (Lipinski definition) is 1. The second-order valence-electron chi connectivity index (χ2n) is 4.53. The van der Waals surface area contributed by atoms with Gasteiger partial charge in [-0.05, 0) is 38.0 Å². The Morgan fingerprint density at radius 3 is 2.67 bits per heavy atom. The molecule has 0 amide bonds. The Balaban J connectivity index is 2.81. The van der Waals surface area contributed by atoms with Crippen LogP contribution in [-0.2, 0) is 11.2 Å². The molecular weight excluding hydrogens is 292 g/mol. The number of anilines is 1. The number of likely N-dealkylation sites (N-methyl/N-ethyl adjacent to an activating group) is 1. The summed E-state index contributed by atoms with van der Waals surface area (Å²) in [5, 5.41) is 0. The smallest absolute Gasteiger partial charge is 0.0637 e. The molecule has 1 rings (SSSR count). The van der Waals surface area contributed by atoms with E-state index in [-0.39, 0.29) is 6.04 Å². The van der Waals surface area contributed by atoms with Gasteiger partial charge in [-0.1, -0.05) is 22.0 Å². The predicted octanol–water partition coefficient (Wildman–Crippen LogP) is 2.81. The van der Waals surface area contributed by atoms with E-state index in [1.807, 2.05) is 6.92 Å². The van der Waals surface area contributed by atoms with E-state index in [2.05, 4.69) is 46.0 Å². The van der Waals surface area contributed by atoms with E-state index in [0.29, 0.717) is 0 Å². The number of halogens is 1. The molecule has 3 nitrogen and oxygen atoms in total. The molecule has 4 heteroatoms. The van der Waals surface area contributed by atoms with E-state index in [9.17, 15) is 0 Å². The minimum atomic E-state index is 0.183. The molecule has 0 saturated carbocycles. The van der Waals surface area contributed by atoms with E-state index in [1.165, 1.54) is 11.3 Å². The lowest BCUT2D eigenvalue weighted by atomic mass is 10.1. The van der Waals surface area contributed by atoms with Crippen LogP contribution in [0.1, 0.15) is 19.4 Å². The van der Waals surface area contributed by atoms with Crippen molar-refractivity contribution in [1.82, 2.24) is 0 Å². The maximum absolute atomic E-state index is 5.84. The zero-order valence-corrected chi connectivity index (χ0v) is 13.0. The van der Waals surface area contributed by atoms with Gasteiger partial charge in [-0.25, -0.2) is 0 Å². The fraction of sp³-hybridized carbons (Fsp3) is 0.571. The Hall–Kier alpha value is -0.580. The Bertz CT molecular complexity index is 369. The molecule has 1 aromatic rings. The molecule has 0 aromatic heterocycles. The summed E-state index contributed by atoms with van der Waals surface area (Å²) in [5.41, 5.74) is 8.31. The summed E-state index contributed by atoms with van der Waals surface area (Å²) >= 11 is 3.63. The van der Waals surface area contributed by atoms with Gasteiger partial charge in [0.2, 0.25) is 0 Å². The quantitative estimate of drug-likeness (QED) is 0.841. The zero-order valence-electron chi connectivity index (χ0n) is 11.4. The Labute approximate surface area is 118 Å². The van der Waals surface area contributed by atoms with Crippen LogP contribution in [0.5, 0.6) is 0 Å². The van der Waals surface area contributed by atoms with Crippen LogP contribution in [0.4, 0.5) is 5.69 Å². The van der Waals surface area contributed by atoms with Gasteiger partial charge < -0.3 is 15.4 Å². The van der Waals surface area contributed by atoms with Gasteiger partial charge in [-0.3, -0.25) is 0 Å². The highest BCUT2D eigenvalue weighted by Crippen LogP contribution is 2.25. The Morgan fingerprint density at radius 2 is 2.17 bits per heavy atom. The molecule has 0 aliphatic rings. The molecule has 0 aliphatic heterocycles. The first-order chi connectivity index (χ1) is 8.58. The van der Waals surface area contributed by atoms with Gasteiger partial charge in [0, 0.05) is 36.4 Å². The van der Waals surface area contributed by atoms with E-state index in [0.717, 1.165) is 30.6 Å². The van der Waals surface area contributed by atoms with E-state index < -0.39 is 0 Å². The molecule has 1 unspecified atom stereocenters. The normalized spacial score (nSPS) is 12.5. The summed E-state index contributed by atoms with van der Waals surface area (Å²) in [6, 6.07) is 6.65. The van der Waals surface area contributed by atoms with Crippen molar-refractivity contribution in [3.05, 3.63) is 28.2 Å². The number of benzene rings is 1. The van der Waals surface area contributed by atoms with Crippen molar-refractivity contribution in [1.29, 1.82) is 0 Å². The molecule has 1 aromatic carbocycles. The maximum atomic E-state index is 5.84. The molecule has 1 atom stereocenters. The van der Waals surface area contributed by atoms with Crippen LogP contribution >= 0.6 is 15.9 Å². The number of rotatable bonds is 7. The number of nitrogens with zero attached hydrogens (tertiary/aromatic N) is 1. The van der Waals surface area contributed by atoms with E-state index >= 15 is 0 Å². The topological polar surface area (TPSA) is 38.5 Å². The number of methoxy groups -OCH3 is 1. The van der Waals surface area contributed by atoms with Crippen molar-refractivity contribution in [3.63, 3.8) is 0 Å². The summed E-state index contributed by atoms with van der Waals surface area (Å²) in [7, 11) is 1.73. The highest BCUT2D eigenvalue weighted by atomic mass is 79.9. The summed E-state index contributed by atoms with van der Waals surface area (Å²) in [4.78, 5) is 2.30. The largest absolute Gasteiger partial charge is 0.383 e. The summed E-state index contributed by atoms with van der Waals surface area (Å²) in [5.74, 6) is 0. The maximum Gasteiger partial charge on any atom is 0.0637 e. The molecule has 0 fully saturated rings. The number of hydrogen-bond acceptors (Lipinski definition) is 3. The van der Waals surface area contributed by atoms with Gasteiger partial charge in [-0.15, -0.1) is 0 Å². The van der Waals surface area contributed by atoms with Crippen molar-refractivity contribution in [3.8, 4) is 0 Å². The third-order valence-electron chi connectivity index (χ3n) is 2.89. The average molecular weight is 315 g/mol. The minimum absolute atomic E-state index is 0.183. The molecule has 0 bridgehead atoms.